The molecule has 0 amide bonds. The summed E-state index contributed by atoms with van der Waals surface area (Å²) >= 11 is 1.69. The predicted octanol–water partition coefficient (Wildman–Crippen LogP) is 6.20. The number of aryl methyl sites for hydroxylation is 1. The van der Waals surface area contributed by atoms with Gasteiger partial charge in [0.05, 0.1) is 10.6 Å². The zero-order valence-electron chi connectivity index (χ0n) is 14.6. The quantitative estimate of drug-likeness (QED) is 0.409. The smallest absolute Gasteiger partial charge is 0.269 e. The highest BCUT2D eigenvalue weighted by molar-refractivity contribution is 7.99. The summed E-state index contributed by atoms with van der Waals surface area (Å²) in [5.41, 5.74) is 4.05. The Morgan fingerprint density at radius 2 is 1.85 bits per heavy atom. The highest BCUT2D eigenvalue weighted by Crippen LogP contribution is 2.43. The molecule has 4 nitrogen and oxygen atoms in total. The van der Waals surface area contributed by atoms with E-state index in [1.807, 2.05) is 12.1 Å². The molecule has 0 aliphatic heterocycles. The Hall–Kier alpha value is -2.53. The topological polar surface area (TPSA) is 48.1 Å². The van der Waals surface area contributed by atoms with Crippen molar-refractivity contribution in [3.8, 4) is 0 Å². The summed E-state index contributed by atoms with van der Waals surface area (Å²) in [6.45, 7) is 0. The van der Waals surface area contributed by atoms with E-state index >= 15 is 0 Å². The molecule has 0 spiro atoms. The molecule has 1 aromatic heterocycles. The lowest BCUT2D eigenvalue weighted by molar-refractivity contribution is -0.384. The first-order valence-electron chi connectivity index (χ1n) is 8.84. The predicted molar refractivity (Wildman–Crippen MR) is 107 cm³/mol. The van der Waals surface area contributed by atoms with E-state index < -0.39 is 0 Å². The fourth-order valence-electron chi connectivity index (χ4n) is 3.63. The highest BCUT2D eigenvalue weighted by atomic mass is 32.2. The van der Waals surface area contributed by atoms with Gasteiger partial charge in [-0.1, -0.05) is 36.0 Å². The number of hydrogen-bond donors (Lipinski definition) is 0. The molecular formula is C21H20N2O2S. The van der Waals surface area contributed by atoms with Gasteiger partial charge in [-0.15, -0.1) is 0 Å². The van der Waals surface area contributed by atoms with Crippen LogP contribution >= 0.6 is 11.8 Å². The third-order valence-corrected chi connectivity index (χ3v) is 6.05. The standard InChI is InChI=1S/C21H20N2O2S/c1-22-19-10-6-5-9-18(19)21(20(22)15-7-3-2-4-8-15)26-17-13-11-16(12-14-17)23(24)25/h5-7,9-14H,2-4,8H2,1H3. The molecule has 0 N–H and O–H groups in total. The molecule has 0 bridgehead atoms. The minimum absolute atomic E-state index is 0.127. The van der Waals surface area contributed by atoms with Gasteiger partial charge in [0.2, 0.25) is 0 Å². The molecule has 0 fully saturated rings. The molecule has 1 heterocycles. The molecule has 0 radical (unpaired) electrons. The van der Waals surface area contributed by atoms with Crippen LogP contribution in [0.3, 0.4) is 0 Å². The van der Waals surface area contributed by atoms with Gasteiger partial charge in [0.1, 0.15) is 0 Å². The Bertz CT molecular complexity index is 1000. The van der Waals surface area contributed by atoms with Crippen LogP contribution in [0.5, 0.6) is 0 Å². The third kappa shape index (κ3) is 3.03. The van der Waals surface area contributed by atoms with E-state index in [1.54, 1.807) is 23.9 Å². The maximum absolute atomic E-state index is 10.9. The summed E-state index contributed by atoms with van der Waals surface area (Å²) in [5.74, 6) is 0. The van der Waals surface area contributed by atoms with Gasteiger partial charge in [0, 0.05) is 39.9 Å². The Kier molecular flexibility index (Phi) is 4.55. The van der Waals surface area contributed by atoms with Gasteiger partial charge >= 0.3 is 0 Å². The average Bonchev–Trinajstić information content (AvgIpc) is 2.95. The van der Waals surface area contributed by atoms with Crippen LogP contribution in [0.15, 0.2) is 64.4 Å². The van der Waals surface area contributed by atoms with Crippen LogP contribution in [0, 0.1) is 10.1 Å². The Labute approximate surface area is 156 Å². The molecule has 132 valence electrons. The summed E-state index contributed by atoms with van der Waals surface area (Å²) < 4.78 is 2.29. The fourth-order valence-corrected chi connectivity index (χ4v) is 4.79. The van der Waals surface area contributed by atoms with E-state index in [1.165, 1.54) is 39.9 Å². The van der Waals surface area contributed by atoms with Crippen LogP contribution in [0.4, 0.5) is 5.69 Å². The second-order valence-corrected chi connectivity index (χ2v) is 7.67. The van der Waals surface area contributed by atoms with Crippen molar-refractivity contribution in [2.24, 2.45) is 7.05 Å². The summed E-state index contributed by atoms with van der Waals surface area (Å²) in [5, 5.41) is 12.1. The number of para-hydroxylation sites is 1. The number of nitro groups is 1. The van der Waals surface area contributed by atoms with Crippen LogP contribution in [0.25, 0.3) is 16.5 Å². The molecule has 2 aromatic carbocycles. The molecule has 0 unspecified atom stereocenters. The van der Waals surface area contributed by atoms with E-state index in [2.05, 4.69) is 42.0 Å². The molecular weight excluding hydrogens is 344 g/mol. The van der Waals surface area contributed by atoms with Crippen LogP contribution in [0.2, 0.25) is 0 Å². The maximum atomic E-state index is 10.9. The Balaban J connectivity index is 1.82. The van der Waals surface area contributed by atoms with E-state index in [0.717, 1.165) is 17.7 Å². The van der Waals surface area contributed by atoms with Gasteiger partial charge < -0.3 is 4.57 Å². The van der Waals surface area contributed by atoms with Gasteiger partial charge in [-0.3, -0.25) is 10.1 Å². The van der Waals surface area contributed by atoms with E-state index in [-0.39, 0.29) is 10.6 Å². The second-order valence-electron chi connectivity index (χ2n) is 6.58. The van der Waals surface area contributed by atoms with Gasteiger partial charge in [0.15, 0.2) is 0 Å². The molecule has 5 heteroatoms. The molecule has 1 aliphatic rings. The molecule has 26 heavy (non-hydrogen) atoms. The number of nitrogens with zero attached hydrogens (tertiary/aromatic N) is 2. The number of nitro benzene ring substituents is 1. The third-order valence-electron chi connectivity index (χ3n) is 4.92. The van der Waals surface area contributed by atoms with Gasteiger partial charge in [0.25, 0.3) is 5.69 Å². The zero-order chi connectivity index (χ0) is 18.1. The van der Waals surface area contributed by atoms with E-state index in [4.69, 9.17) is 0 Å². The van der Waals surface area contributed by atoms with Crippen LogP contribution in [-0.2, 0) is 7.05 Å². The number of fused-ring (bicyclic) bond motifs is 1. The molecule has 3 aromatic rings. The van der Waals surface area contributed by atoms with Crippen molar-refractivity contribution in [1.82, 2.24) is 4.57 Å². The van der Waals surface area contributed by atoms with Gasteiger partial charge in [-0.25, -0.2) is 0 Å². The second kappa shape index (κ2) is 7.00. The molecule has 1 aliphatic carbocycles. The normalized spacial score (nSPS) is 14.4. The van der Waals surface area contributed by atoms with Crippen molar-refractivity contribution in [2.45, 2.75) is 35.5 Å². The summed E-state index contributed by atoms with van der Waals surface area (Å²) in [7, 11) is 2.13. The van der Waals surface area contributed by atoms with Crippen molar-refractivity contribution in [1.29, 1.82) is 0 Å². The minimum atomic E-state index is -0.357. The number of benzene rings is 2. The first kappa shape index (κ1) is 16.9. The Morgan fingerprint density at radius 3 is 2.54 bits per heavy atom. The SMILES string of the molecule is Cn1c(C2=CCCCC2)c(Sc2ccc([N+](=O)[O-])cc2)c2ccccc21. The lowest BCUT2D eigenvalue weighted by atomic mass is 9.97. The van der Waals surface area contributed by atoms with Crippen molar-refractivity contribution in [3.05, 3.63) is 70.4 Å². The zero-order valence-corrected chi connectivity index (χ0v) is 15.5. The minimum Gasteiger partial charge on any atom is -0.343 e. The lowest BCUT2D eigenvalue weighted by Gasteiger charge is -2.16. The average molecular weight is 364 g/mol. The van der Waals surface area contributed by atoms with Crippen molar-refractivity contribution >= 4 is 33.9 Å². The van der Waals surface area contributed by atoms with Crippen molar-refractivity contribution in [2.75, 3.05) is 0 Å². The van der Waals surface area contributed by atoms with Gasteiger partial charge in [-0.05, 0) is 49.5 Å². The Morgan fingerprint density at radius 1 is 1.08 bits per heavy atom. The van der Waals surface area contributed by atoms with E-state index in [9.17, 15) is 10.1 Å². The lowest BCUT2D eigenvalue weighted by Crippen LogP contribution is -2.00. The number of aromatic nitrogens is 1. The number of allylic oxidation sites excluding steroid dienone is 2. The highest BCUT2D eigenvalue weighted by Gasteiger charge is 2.20. The number of rotatable bonds is 4. The molecule has 0 saturated heterocycles. The van der Waals surface area contributed by atoms with Crippen LogP contribution < -0.4 is 0 Å². The van der Waals surface area contributed by atoms with Crippen LogP contribution in [0.1, 0.15) is 31.4 Å². The first-order valence-corrected chi connectivity index (χ1v) is 9.66. The van der Waals surface area contributed by atoms with E-state index in [0.29, 0.717) is 0 Å². The molecule has 0 atom stereocenters. The van der Waals surface area contributed by atoms with Crippen molar-refractivity contribution < 1.29 is 4.92 Å². The van der Waals surface area contributed by atoms with Crippen molar-refractivity contribution in [3.63, 3.8) is 0 Å². The summed E-state index contributed by atoms with van der Waals surface area (Å²) in [6.07, 6.45) is 7.11. The fraction of sp³-hybridized carbons (Fsp3) is 0.238. The summed E-state index contributed by atoms with van der Waals surface area (Å²) in [4.78, 5) is 12.8. The number of hydrogen-bond acceptors (Lipinski definition) is 3. The first-order chi connectivity index (χ1) is 12.6. The van der Waals surface area contributed by atoms with Gasteiger partial charge in [-0.2, -0.15) is 0 Å². The molecule has 4 rings (SSSR count). The summed E-state index contributed by atoms with van der Waals surface area (Å²) in [6, 6.07) is 15.3. The monoisotopic (exact) mass is 364 g/mol. The largest absolute Gasteiger partial charge is 0.343 e. The maximum Gasteiger partial charge on any atom is 0.269 e. The van der Waals surface area contributed by atoms with Crippen LogP contribution in [-0.4, -0.2) is 9.49 Å². The molecule has 0 saturated carbocycles. The number of non-ortho nitro benzene ring substituents is 1.